The van der Waals surface area contributed by atoms with Crippen LogP contribution in [0.1, 0.15) is 68.9 Å². The number of benzene rings is 2. The topological polar surface area (TPSA) is 104 Å². The number of amides is 1. The first-order valence-electron chi connectivity index (χ1n) is 12.5. The Balaban J connectivity index is 1.51. The summed E-state index contributed by atoms with van der Waals surface area (Å²) < 4.78 is 5.66. The van der Waals surface area contributed by atoms with Gasteiger partial charge in [0, 0.05) is 5.92 Å². The summed E-state index contributed by atoms with van der Waals surface area (Å²) in [6.07, 6.45) is 5.50. The fourth-order valence-corrected chi connectivity index (χ4v) is 5.59. The number of aliphatic carboxylic acids is 2. The van der Waals surface area contributed by atoms with Crippen molar-refractivity contribution < 1.29 is 29.3 Å². The molecule has 35 heavy (non-hydrogen) atoms. The molecule has 1 amide bonds. The van der Waals surface area contributed by atoms with Crippen LogP contribution in [-0.4, -0.2) is 51.8 Å². The molecule has 2 atom stereocenters. The lowest BCUT2D eigenvalue weighted by Crippen LogP contribution is -2.53. The molecular formula is C28H33NO6. The van der Waals surface area contributed by atoms with Gasteiger partial charge >= 0.3 is 18.0 Å². The van der Waals surface area contributed by atoms with E-state index in [4.69, 9.17) is 4.74 Å². The highest BCUT2D eigenvalue weighted by atomic mass is 16.6. The molecule has 7 nitrogen and oxygen atoms in total. The van der Waals surface area contributed by atoms with Crippen LogP contribution in [0.25, 0.3) is 11.1 Å². The van der Waals surface area contributed by atoms with Crippen LogP contribution in [0.15, 0.2) is 48.5 Å². The highest BCUT2D eigenvalue weighted by Gasteiger charge is 2.39. The van der Waals surface area contributed by atoms with E-state index in [1.165, 1.54) is 13.3 Å². The van der Waals surface area contributed by atoms with E-state index in [0.29, 0.717) is 12.3 Å². The van der Waals surface area contributed by atoms with Crippen LogP contribution in [0.4, 0.5) is 4.79 Å². The Labute approximate surface area is 205 Å². The zero-order valence-electron chi connectivity index (χ0n) is 20.1. The predicted octanol–water partition coefficient (Wildman–Crippen LogP) is 5.52. The van der Waals surface area contributed by atoms with Crippen molar-refractivity contribution in [1.82, 2.24) is 4.90 Å². The van der Waals surface area contributed by atoms with Crippen molar-refractivity contribution in [2.45, 2.75) is 69.9 Å². The van der Waals surface area contributed by atoms with Gasteiger partial charge in [-0.05, 0) is 47.9 Å². The van der Waals surface area contributed by atoms with Gasteiger partial charge in [-0.1, -0.05) is 80.6 Å². The van der Waals surface area contributed by atoms with Crippen molar-refractivity contribution >= 4 is 18.0 Å². The predicted molar refractivity (Wildman–Crippen MR) is 131 cm³/mol. The Kier molecular flexibility index (Phi) is 7.73. The van der Waals surface area contributed by atoms with E-state index in [-0.39, 0.29) is 18.9 Å². The molecule has 0 aromatic heterocycles. The summed E-state index contributed by atoms with van der Waals surface area (Å²) in [6.45, 7) is 1.34. The van der Waals surface area contributed by atoms with Gasteiger partial charge in [-0.2, -0.15) is 0 Å². The summed E-state index contributed by atoms with van der Waals surface area (Å²) in [6, 6.07) is 13.3. The summed E-state index contributed by atoms with van der Waals surface area (Å²) in [7, 11) is 0. The highest BCUT2D eigenvalue weighted by molar-refractivity contribution is 5.85. The lowest BCUT2D eigenvalue weighted by atomic mass is 9.85. The van der Waals surface area contributed by atoms with Gasteiger partial charge in [0.1, 0.15) is 18.7 Å². The number of carboxylic acids is 2. The number of ether oxygens (including phenoxy) is 1. The van der Waals surface area contributed by atoms with Crippen LogP contribution >= 0.6 is 0 Å². The Bertz CT molecular complexity index is 1030. The summed E-state index contributed by atoms with van der Waals surface area (Å²) in [4.78, 5) is 38.2. The van der Waals surface area contributed by atoms with E-state index < -0.39 is 30.1 Å². The average Bonchev–Trinajstić information content (AvgIpc) is 3.18. The molecule has 0 bridgehead atoms. The molecule has 2 N–H and O–H groups in total. The SMILES string of the molecule is C[C@@H](C(=O)O)N(C(=O)OCC1c2ccccc2-c2ccccc21)[C@@H](CCC1CCCCC1)C(=O)O. The molecule has 0 radical (unpaired) electrons. The molecule has 2 aromatic carbocycles. The standard InChI is InChI=1S/C28H33NO6/c1-18(26(30)31)29(25(27(32)33)16-15-19-9-3-2-4-10-19)28(34)35-17-24-22-13-7-5-11-20(22)21-12-6-8-14-23(21)24/h5-8,11-14,18-19,24-25H,2-4,9-10,15-17H2,1H3,(H,30,31)(H,32,33)/t18-,25-/m0/s1. The van der Waals surface area contributed by atoms with E-state index in [2.05, 4.69) is 0 Å². The summed E-state index contributed by atoms with van der Waals surface area (Å²) >= 11 is 0. The van der Waals surface area contributed by atoms with Crippen molar-refractivity contribution in [3.8, 4) is 11.1 Å². The Hall–Kier alpha value is -3.35. The second-order valence-corrected chi connectivity index (χ2v) is 9.66. The van der Waals surface area contributed by atoms with Crippen LogP contribution < -0.4 is 0 Å². The van der Waals surface area contributed by atoms with Gasteiger partial charge < -0.3 is 14.9 Å². The minimum Gasteiger partial charge on any atom is -0.480 e. The molecule has 0 aliphatic heterocycles. The number of hydrogen-bond donors (Lipinski definition) is 2. The molecule has 0 heterocycles. The lowest BCUT2D eigenvalue weighted by Gasteiger charge is -2.33. The van der Waals surface area contributed by atoms with Crippen molar-refractivity contribution in [2.24, 2.45) is 5.92 Å². The zero-order chi connectivity index (χ0) is 24.9. The monoisotopic (exact) mass is 479 g/mol. The third-order valence-electron chi connectivity index (χ3n) is 7.52. The number of hydrogen-bond acceptors (Lipinski definition) is 4. The molecule has 0 saturated heterocycles. The Morgan fingerprint density at radius 2 is 1.49 bits per heavy atom. The quantitative estimate of drug-likeness (QED) is 0.490. The van der Waals surface area contributed by atoms with E-state index >= 15 is 0 Å². The molecule has 0 spiro atoms. The Morgan fingerprint density at radius 1 is 0.914 bits per heavy atom. The summed E-state index contributed by atoms with van der Waals surface area (Å²) in [5.74, 6) is -2.25. The minimum atomic E-state index is -1.32. The lowest BCUT2D eigenvalue weighted by molar-refractivity contribution is -0.149. The molecule has 2 aliphatic rings. The summed E-state index contributed by atoms with van der Waals surface area (Å²) in [5, 5.41) is 19.6. The van der Waals surface area contributed by atoms with Crippen LogP contribution in [0.3, 0.4) is 0 Å². The smallest absolute Gasteiger partial charge is 0.411 e. The minimum absolute atomic E-state index is 0.00463. The molecule has 2 aliphatic carbocycles. The molecule has 7 heteroatoms. The Morgan fingerprint density at radius 3 is 2.03 bits per heavy atom. The number of rotatable bonds is 9. The molecule has 186 valence electrons. The van der Waals surface area contributed by atoms with Gasteiger partial charge in [0.2, 0.25) is 0 Å². The maximum absolute atomic E-state index is 13.2. The fourth-order valence-electron chi connectivity index (χ4n) is 5.59. The van der Waals surface area contributed by atoms with Crippen molar-refractivity contribution in [3.63, 3.8) is 0 Å². The van der Waals surface area contributed by atoms with Gasteiger partial charge in [-0.25, -0.2) is 14.4 Å². The van der Waals surface area contributed by atoms with Crippen molar-refractivity contribution in [3.05, 3.63) is 59.7 Å². The molecular weight excluding hydrogens is 446 g/mol. The second-order valence-electron chi connectivity index (χ2n) is 9.66. The van der Waals surface area contributed by atoms with Crippen LogP contribution in [0.2, 0.25) is 0 Å². The third-order valence-corrected chi connectivity index (χ3v) is 7.52. The summed E-state index contributed by atoms with van der Waals surface area (Å²) in [5.41, 5.74) is 4.23. The van der Waals surface area contributed by atoms with Gasteiger partial charge in [-0.3, -0.25) is 4.90 Å². The highest BCUT2D eigenvalue weighted by Crippen LogP contribution is 2.44. The van der Waals surface area contributed by atoms with E-state index in [1.54, 1.807) is 0 Å². The van der Waals surface area contributed by atoms with Gasteiger partial charge in [-0.15, -0.1) is 0 Å². The number of nitrogens with zero attached hydrogens (tertiary/aromatic N) is 1. The van der Waals surface area contributed by atoms with Crippen molar-refractivity contribution in [2.75, 3.05) is 6.61 Å². The first-order valence-corrected chi connectivity index (χ1v) is 12.5. The molecule has 1 fully saturated rings. The second kappa shape index (κ2) is 10.9. The largest absolute Gasteiger partial charge is 0.480 e. The number of fused-ring (bicyclic) bond motifs is 3. The maximum Gasteiger partial charge on any atom is 0.411 e. The molecule has 2 aromatic rings. The first-order chi connectivity index (χ1) is 16.9. The first kappa shape index (κ1) is 24.8. The van der Waals surface area contributed by atoms with Gasteiger partial charge in [0.25, 0.3) is 0 Å². The number of carboxylic acid groups (broad SMARTS) is 2. The van der Waals surface area contributed by atoms with Crippen LogP contribution in [-0.2, 0) is 14.3 Å². The van der Waals surface area contributed by atoms with E-state index in [9.17, 15) is 24.6 Å². The third kappa shape index (κ3) is 5.34. The molecule has 1 saturated carbocycles. The van der Waals surface area contributed by atoms with Crippen LogP contribution in [0.5, 0.6) is 0 Å². The van der Waals surface area contributed by atoms with Crippen LogP contribution in [0, 0.1) is 5.92 Å². The molecule has 4 rings (SSSR count). The average molecular weight is 480 g/mol. The molecule has 0 unspecified atom stereocenters. The fraction of sp³-hybridized carbons (Fsp3) is 0.464. The maximum atomic E-state index is 13.2. The number of carbonyl (C=O) groups excluding carboxylic acids is 1. The van der Waals surface area contributed by atoms with Crippen molar-refractivity contribution in [1.29, 1.82) is 0 Å². The van der Waals surface area contributed by atoms with E-state index in [0.717, 1.165) is 52.8 Å². The van der Waals surface area contributed by atoms with Gasteiger partial charge in [0.05, 0.1) is 0 Å². The number of carbonyl (C=O) groups is 3. The van der Waals surface area contributed by atoms with Gasteiger partial charge in [0.15, 0.2) is 0 Å². The zero-order valence-corrected chi connectivity index (χ0v) is 20.1. The normalized spacial score (nSPS) is 17.2. The van der Waals surface area contributed by atoms with E-state index in [1.807, 2.05) is 48.5 Å².